The molecule has 0 amide bonds. The third-order valence-corrected chi connectivity index (χ3v) is 6.17. The molecule has 1 aromatic rings. The van der Waals surface area contributed by atoms with Crippen LogP contribution in [-0.4, -0.2) is 14.2 Å². The van der Waals surface area contributed by atoms with Gasteiger partial charge in [0.2, 0.25) is 0 Å². The maximum atomic E-state index is 5.92. The van der Waals surface area contributed by atoms with Crippen molar-refractivity contribution in [1.82, 2.24) is 0 Å². The number of allylic oxidation sites excluding steroid dienone is 2. The molecule has 0 aromatic heterocycles. The average Bonchev–Trinajstić information content (AvgIpc) is 3.14. The molecule has 1 aliphatic rings. The Morgan fingerprint density at radius 1 is 1.16 bits per heavy atom. The van der Waals surface area contributed by atoms with Crippen LogP contribution in [0.15, 0.2) is 41.1 Å². The Hall–Kier alpha value is -0.863. The van der Waals surface area contributed by atoms with E-state index in [1.54, 1.807) is 5.57 Å². The summed E-state index contributed by atoms with van der Waals surface area (Å²) in [6.07, 6.45) is 4.09. The first-order valence-corrected chi connectivity index (χ1v) is 10.8. The monoisotopic (exact) mass is 274 g/mol. The number of hydrogen-bond acceptors (Lipinski definition) is 1. The molecule has 0 spiro atoms. The van der Waals surface area contributed by atoms with Crippen molar-refractivity contribution in [3.05, 3.63) is 46.7 Å². The zero-order valence-corrected chi connectivity index (χ0v) is 13.7. The van der Waals surface area contributed by atoms with Gasteiger partial charge in [0.15, 0.2) is 0 Å². The minimum absolute atomic E-state index is 0.358. The van der Waals surface area contributed by atoms with E-state index in [0.717, 1.165) is 13.0 Å². The van der Waals surface area contributed by atoms with Gasteiger partial charge in [-0.05, 0) is 31.7 Å². The van der Waals surface area contributed by atoms with Gasteiger partial charge in [-0.1, -0.05) is 60.7 Å². The normalized spacial score (nSPS) is 16.6. The lowest BCUT2D eigenvalue weighted by Gasteiger charge is -2.12. The Labute approximate surface area is 118 Å². The van der Waals surface area contributed by atoms with Gasteiger partial charge in [0, 0.05) is 0 Å². The van der Waals surface area contributed by atoms with Crippen molar-refractivity contribution in [3.8, 4) is 0 Å². The van der Waals surface area contributed by atoms with Crippen LogP contribution in [0, 0.1) is 0 Å². The molecule has 0 fully saturated rings. The third-order valence-electron chi connectivity index (χ3n) is 3.83. The van der Waals surface area contributed by atoms with Crippen LogP contribution < -0.4 is 0 Å². The summed E-state index contributed by atoms with van der Waals surface area (Å²) in [5.74, 6) is 0. The second-order valence-electron chi connectivity index (χ2n) is 6.65. The van der Waals surface area contributed by atoms with E-state index in [4.69, 9.17) is 4.74 Å². The molecule has 0 saturated carbocycles. The summed E-state index contributed by atoms with van der Waals surface area (Å²) >= 11 is 0. The standard InChI is InChI=1S/C17H26OSi/c1-14(18-13-15-8-6-5-7-9-15)10-11-16-12-17(16)19(2,3)4/h5-9,14H,10-13H2,1-4H3. The molecule has 0 heterocycles. The maximum absolute atomic E-state index is 5.92. The molecule has 0 aliphatic heterocycles. The highest BCUT2D eigenvalue weighted by Gasteiger charge is 2.32. The third kappa shape index (κ3) is 4.63. The van der Waals surface area contributed by atoms with Crippen LogP contribution in [0.3, 0.4) is 0 Å². The number of ether oxygens (including phenoxy) is 1. The Morgan fingerprint density at radius 3 is 2.42 bits per heavy atom. The van der Waals surface area contributed by atoms with E-state index >= 15 is 0 Å². The predicted octanol–water partition coefficient (Wildman–Crippen LogP) is 4.95. The smallest absolute Gasteiger partial charge is 0.0728 e. The highest BCUT2D eigenvalue weighted by Crippen LogP contribution is 2.41. The molecule has 19 heavy (non-hydrogen) atoms. The van der Waals surface area contributed by atoms with E-state index in [-0.39, 0.29) is 0 Å². The van der Waals surface area contributed by atoms with E-state index in [9.17, 15) is 0 Å². The lowest BCUT2D eigenvalue weighted by molar-refractivity contribution is 0.0480. The molecule has 0 bridgehead atoms. The molecule has 104 valence electrons. The first-order chi connectivity index (χ1) is 8.97. The van der Waals surface area contributed by atoms with Crippen LogP contribution in [0.25, 0.3) is 0 Å². The summed E-state index contributed by atoms with van der Waals surface area (Å²) in [5.41, 5.74) is 3.00. The van der Waals surface area contributed by atoms with Crippen LogP contribution in [0.1, 0.15) is 31.7 Å². The molecule has 1 nitrogen and oxygen atoms in total. The summed E-state index contributed by atoms with van der Waals surface area (Å²) < 4.78 is 5.92. The maximum Gasteiger partial charge on any atom is 0.0728 e. The fraction of sp³-hybridized carbons (Fsp3) is 0.529. The molecule has 0 radical (unpaired) electrons. The van der Waals surface area contributed by atoms with Gasteiger partial charge < -0.3 is 4.74 Å². The first kappa shape index (κ1) is 14.5. The Morgan fingerprint density at radius 2 is 1.84 bits per heavy atom. The van der Waals surface area contributed by atoms with E-state index in [0.29, 0.717) is 6.10 Å². The summed E-state index contributed by atoms with van der Waals surface area (Å²) in [4.78, 5) is 0. The highest BCUT2D eigenvalue weighted by atomic mass is 28.3. The number of benzene rings is 1. The molecule has 2 heteroatoms. The summed E-state index contributed by atoms with van der Waals surface area (Å²) in [7, 11) is -0.991. The Balaban J connectivity index is 1.69. The fourth-order valence-electron chi connectivity index (χ4n) is 2.48. The van der Waals surface area contributed by atoms with E-state index in [2.05, 4.69) is 50.8 Å². The second-order valence-corrected chi connectivity index (χ2v) is 11.8. The fourth-order valence-corrected chi connectivity index (χ4v) is 4.41. The lowest BCUT2D eigenvalue weighted by atomic mass is 10.2. The van der Waals surface area contributed by atoms with Crippen molar-refractivity contribution in [3.63, 3.8) is 0 Å². The van der Waals surface area contributed by atoms with Crippen molar-refractivity contribution in [2.24, 2.45) is 0 Å². The molecular weight excluding hydrogens is 248 g/mol. The number of hydrogen-bond donors (Lipinski definition) is 0. The molecular formula is C17H26OSi. The van der Waals surface area contributed by atoms with Gasteiger partial charge in [0.25, 0.3) is 0 Å². The molecule has 0 saturated heterocycles. The summed E-state index contributed by atoms with van der Waals surface area (Å²) in [6, 6.07) is 10.4. The van der Waals surface area contributed by atoms with Crippen molar-refractivity contribution in [2.45, 2.75) is 58.5 Å². The van der Waals surface area contributed by atoms with E-state index < -0.39 is 8.07 Å². The molecule has 1 unspecified atom stereocenters. The van der Waals surface area contributed by atoms with Gasteiger partial charge >= 0.3 is 0 Å². The van der Waals surface area contributed by atoms with Crippen molar-refractivity contribution in [1.29, 1.82) is 0 Å². The van der Waals surface area contributed by atoms with Gasteiger partial charge in [0.05, 0.1) is 20.8 Å². The first-order valence-electron chi connectivity index (χ1n) is 7.33. The van der Waals surface area contributed by atoms with Gasteiger partial charge in [-0.15, -0.1) is 0 Å². The average molecular weight is 274 g/mol. The van der Waals surface area contributed by atoms with E-state index in [1.807, 2.05) is 11.3 Å². The molecule has 2 rings (SSSR count). The van der Waals surface area contributed by atoms with Gasteiger partial charge in [-0.3, -0.25) is 0 Å². The predicted molar refractivity (Wildman–Crippen MR) is 84.9 cm³/mol. The molecule has 1 aromatic carbocycles. The SMILES string of the molecule is CC(CCC1=C([Si](C)(C)C)C1)OCc1ccccc1. The largest absolute Gasteiger partial charge is 0.374 e. The van der Waals surface area contributed by atoms with Gasteiger partial charge in [-0.2, -0.15) is 0 Å². The van der Waals surface area contributed by atoms with Crippen LogP contribution in [-0.2, 0) is 11.3 Å². The van der Waals surface area contributed by atoms with Crippen LogP contribution in [0.4, 0.5) is 0 Å². The van der Waals surface area contributed by atoms with Crippen molar-refractivity contribution in [2.75, 3.05) is 0 Å². The molecule has 1 aliphatic carbocycles. The summed E-state index contributed by atoms with van der Waals surface area (Å²) in [6.45, 7) is 10.3. The van der Waals surface area contributed by atoms with Crippen LogP contribution in [0.2, 0.25) is 19.6 Å². The minimum atomic E-state index is -0.991. The summed E-state index contributed by atoms with van der Waals surface area (Å²) in [5, 5.41) is 1.81. The molecule has 0 N–H and O–H groups in total. The van der Waals surface area contributed by atoms with Crippen molar-refractivity contribution < 1.29 is 4.74 Å². The quantitative estimate of drug-likeness (QED) is 0.639. The van der Waals surface area contributed by atoms with Crippen LogP contribution >= 0.6 is 0 Å². The Bertz CT molecular complexity index is 442. The minimum Gasteiger partial charge on any atom is -0.374 e. The Kier molecular flexibility index (Phi) is 4.64. The lowest BCUT2D eigenvalue weighted by Crippen LogP contribution is -2.18. The van der Waals surface area contributed by atoms with Gasteiger partial charge in [-0.25, -0.2) is 0 Å². The van der Waals surface area contributed by atoms with Crippen molar-refractivity contribution >= 4 is 8.07 Å². The zero-order valence-electron chi connectivity index (χ0n) is 12.7. The highest BCUT2D eigenvalue weighted by molar-refractivity contribution is 6.84. The zero-order chi connectivity index (χ0) is 13.9. The van der Waals surface area contributed by atoms with Gasteiger partial charge in [0.1, 0.15) is 0 Å². The second kappa shape index (κ2) is 6.06. The van der Waals surface area contributed by atoms with Crippen LogP contribution in [0.5, 0.6) is 0 Å². The number of rotatable bonds is 7. The topological polar surface area (TPSA) is 9.23 Å². The van der Waals surface area contributed by atoms with E-state index in [1.165, 1.54) is 18.4 Å². The molecule has 1 atom stereocenters.